The first-order valence-corrected chi connectivity index (χ1v) is 12.2. The highest BCUT2D eigenvalue weighted by atomic mass is 32.2. The van der Waals surface area contributed by atoms with Gasteiger partial charge in [0, 0.05) is 12.7 Å². The van der Waals surface area contributed by atoms with E-state index in [0.29, 0.717) is 11.3 Å². The molecule has 9 heteroatoms. The number of carboxylic acid groups (broad SMARTS) is 1. The van der Waals surface area contributed by atoms with Crippen molar-refractivity contribution in [3.05, 3.63) is 23.4 Å². The summed E-state index contributed by atoms with van der Waals surface area (Å²) in [6, 6.07) is -0.317. The molecule has 2 atom stereocenters. The van der Waals surface area contributed by atoms with Crippen LogP contribution < -0.4 is 4.98 Å². The number of hydrogen-bond donors (Lipinski definition) is 2. The molecule has 0 spiro atoms. The summed E-state index contributed by atoms with van der Waals surface area (Å²) in [4.78, 5) is 39.6. The second kappa shape index (κ2) is 7.12. The number of amides is 1. The predicted octanol–water partition coefficient (Wildman–Crippen LogP) is 1.15. The fraction of sp³-hybridized carbons (Fsp3) is 0.533. The summed E-state index contributed by atoms with van der Waals surface area (Å²) < 4.78 is 4.80. The van der Waals surface area contributed by atoms with Crippen molar-refractivity contribution in [2.75, 3.05) is 12.4 Å². The summed E-state index contributed by atoms with van der Waals surface area (Å²) in [5, 5.41) is 9.34. The van der Waals surface area contributed by atoms with E-state index in [-0.39, 0.29) is 29.6 Å². The van der Waals surface area contributed by atoms with E-state index < -0.39 is 20.2 Å². The Labute approximate surface area is 146 Å². The van der Waals surface area contributed by atoms with Crippen molar-refractivity contribution in [1.82, 2.24) is 9.88 Å². The van der Waals surface area contributed by atoms with Gasteiger partial charge in [0.1, 0.15) is 32.0 Å². The van der Waals surface area contributed by atoms with Crippen LogP contribution >= 0.6 is 11.8 Å². The number of carbonyl (C=O) groups is 3. The summed E-state index contributed by atoms with van der Waals surface area (Å²) in [5.74, 6) is -1.22. The zero-order valence-electron chi connectivity index (χ0n) is 14.2. The molecule has 0 aromatic rings. The number of nitrogens with zero attached hydrogens (tertiary/aromatic N) is 1. The standard InChI is InChI=1S/C15H22N2O5SSi/c1-9(18)22-7-5-6-10-8-23-14-11(16-24(2,3)4)13(19)17(14)12(10)15(20)21/h5-6,11,14,16H,7-8H2,1-4H3,(H,20,21)/b6-5+/t11?,14-/m1/s1. The van der Waals surface area contributed by atoms with Gasteiger partial charge in [-0.3, -0.25) is 14.5 Å². The molecular weight excluding hydrogens is 348 g/mol. The molecule has 2 rings (SSSR count). The highest BCUT2D eigenvalue weighted by molar-refractivity contribution is 8.00. The molecule has 0 bridgehead atoms. The molecule has 1 unspecified atom stereocenters. The summed E-state index contributed by atoms with van der Waals surface area (Å²) in [5.41, 5.74) is 0.576. The van der Waals surface area contributed by atoms with Gasteiger partial charge in [-0.1, -0.05) is 25.7 Å². The maximum absolute atomic E-state index is 12.4. The van der Waals surface area contributed by atoms with Gasteiger partial charge >= 0.3 is 11.9 Å². The molecule has 2 aliphatic rings. The predicted molar refractivity (Wildman–Crippen MR) is 93.8 cm³/mol. The summed E-state index contributed by atoms with van der Waals surface area (Å²) in [7, 11) is -1.65. The molecule has 7 nitrogen and oxygen atoms in total. The van der Waals surface area contributed by atoms with E-state index in [2.05, 4.69) is 24.6 Å². The Kier molecular flexibility index (Phi) is 5.56. The Bertz CT molecular complexity index is 626. The molecule has 1 amide bonds. The largest absolute Gasteiger partial charge is 0.477 e. The van der Waals surface area contributed by atoms with Crippen LogP contribution in [0.1, 0.15) is 6.92 Å². The van der Waals surface area contributed by atoms with Gasteiger partial charge in [0.25, 0.3) is 0 Å². The van der Waals surface area contributed by atoms with Crippen LogP contribution in [0.3, 0.4) is 0 Å². The lowest BCUT2D eigenvalue weighted by Crippen LogP contribution is -2.73. The summed E-state index contributed by atoms with van der Waals surface area (Å²) in [6.07, 6.45) is 3.20. The molecule has 0 aromatic heterocycles. The number of thioether (sulfide) groups is 1. The Morgan fingerprint density at radius 3 is 2.67 bits per heavy atom. The van der Waals surface area contributed by atoms with Crippen molar-refractivity contribution in [3.8, 4) is 0 Å². The SMILES string of the molecule is CC(=O)OC/C=C/C1=C(C(=O)O)N2C(=O)C(N[Si](C)(C)C)[C@H]2SC1. The zero-order valence-corrected chi connectivity index (χ0v) is 16.0. The third-order valence-corrected chi connectivity index (χ3v) is 5.97. The molecule has 2 aliphatic heterocycles. The van der Waals surface area contributed by atoms with Crippen molar-refractivity contribution in [2.45, 2.75) is 38.0 Å². The van der Waals surface area contributed by atoms with E-state index in [1.807, 2.05) is 0 Å². The van der Waals surface area contributed by atoms with Crippen LogP contribution in [0.25, 0.3) is 0 Å². The minimum absolute atomic E-state index is 0.0245. The lowest BCUT2D eigenvalue weighted by Gasteiger charge is -2.51. The molecule has 0 aromatic carbocycles. The number of β-lactam (4-membered cyclic amide) rings is 1. The van der Waals surface area contributed by atoms with Crippen molar-refractivity contribution in [3.63, 3.8) is 0 Å². The molecule has 2 N–H and O–H groups in total. The normalized spacial score (nSPS) is 24.0. The summed E-state index contributed by atoms with van der Waals surface area (Å²) >= 11 is 1.54. The maximum Gasteiger partial charge on any atom is 0.352 e. The van der Waals surface area contributed by atoms with Crippen LogP contribution in [-0.2, 0) is 19.1 Å². The first kappa shape index (κ1) is 18.8. The van der Waals surface area contributed by atoms with Gasteiger partial charge in [-0.2, -0.15) is 0 Å². The highest BCUT2D eigenvalue weighted by Gasteiger charge is 2.54. The van der Waals surface area contributed by atoms with Gasteiger partial charge in [-0.15, -0.1) is 11.8 Å². The van der Waals surface area contributed by atoms with Gasteiger partial charge < -0.3 is 14.8 Å². The number of fused-ring (bicyclic) bond motifs is 1. The Hall–Kier alpha value is -1.58. The van der Waals surface area contributed by atoms with Crippen molar-refractivity contribution in [2.24, 2.45) is 0 Å². The van der Waals surface area contributed by atoms with E-state index in [1.54, 1.807) is 23.9 Å². The number of esters is 1. The summed E-state index contributed by atoms with van der Waals surface area (Å²) in [6.45, 7) is 7.70. The molecule has 132 valence electrons. The van der Waals surface area contributed by atoms with Gasteiger partial charge in [0.2, 0.25) is 5.91 Å². The number of rotatable bonds is 6. The first-order valence-electron chi connectivity index (χ1n) is 7.60. The lowest BCUT2D eigenvalue weighted by molar-refractivity contribution is -0.148. The molecule has 0 saturated carbocycles. The van der Waals surface area contributed by atoms with Crippen molar-refractivity contribution < 1.29 is 24.2 Å². The zero-order chi connectivity index (χ0) is 18.1. The van der Waals surface area contributed by atoms with E-state index >= 15 is 0 Å². The number of aliphatic carboxylic acids is 1. The number of nitrogens with one attached hydrogen (secondary N) is 1. The van der Waals surface area contributed by atoms with Crippen molar-refractivity contribution in [1.29, 1.82) is 0 Å². The third-order valence-electron chi connectivity index (χ3n) is 3.49. The van der Waals surface area contributed by atoms with Crippen LogP contribution in [0, 0.1) is 0 Å². The highest BCUT2D eigenvalue weighted by Crippen LogP contribution is 2.41. The van der Waals surface area contributed by atoms with Crippen LogP contribution in [0.2, 0.25) is 19.6 Å². The number of carboxylic acids is 1. The number of carbonyl (C=O) groups excluding carboxylic acids is 2. The lowest BCUT2D eigenvalue weighted by atomic mass is 10.0. The Balaban J connectivity index is 2.17. The third kappa shape index (κ3) is 4.08. The Morgan fingerprint density at radius 2 is 2.12 bits per heavy atom. The van der Waals surface area contributed by atoms with Crippen LogP contribution in [0.15, 0.2) is 23.4 Å². The fourth-order valence-corrected chi connectivity index (χ4v) is 5.25. The molecule has 0 radical (unpaired) electrons. The van der Waals surface area contributed by atoms with Crippen LogP contribution in [-0.4, -0.2) is 59.9 Å². The van der Waals surface area contributed by atoms with Crippen LogP contribution in [0.4, 0.5) is 0 Å². The topological polar surface area (TPSA) is 95.9 Å². The molecule has 24 heavy (non-hydrogen) atoms. The quantitative estimate of drug-likeness (QED) is 0.411. The number of hydrogen-bond acceptors (Lipinski definition) is 6. The molecule has 1 saturated heterocycles. The molecular formula is C15H22N2O5SSi. The van der Waals surface area contributed by atoms with Gasteiger partial charge in [0.05, 0.1) is 0 Å². The van der Waals surface area contributed by atoms with E-state index in [4.69, 9.17) is 4.74 Å². The van der Waals surface area contributed by atoms with Crippen LogP contribution in [0.5, 0.6) is 0 Å². The minimum Gasteiger partial charge on any atom is -0.477 e. The van der Waals surface area contributed by atoms with Gasteiger partial charge in [0.15, 0.2) is 0 Å². The Morgan fingerprint density at radius 1 is 1.46 bits per heavy atom. The average Bonchev–Trinajstić information content (AvgIpc) is 2.47. The smallest absolute Gasteiger partial charge is 0.352 e. The maximum atomic E-state index is 12.4. The van der Waals surface area contributed by atoms with Crippen molar-refractivity contribution >= 4 is 37.8 Å². The van der Waals surface area contributed by atoms with E-state index in [9.17, 15) is 19.5 Å². The molecule has 1 fully saturated rings. The van der Waals surface area contributed by atoms with E-state index in [1.165, 1.54) is 11.8 Å². The minimum atomic E-state index is -1.65. The first-order chi connectivity index (χ1) is 11.1. The fourth-order valence-electron chi connectivity index (χ4n) is 2.59. The monoisotopic (exact) mass is 370 g/mol. The van der Waals surface area contributed by atoms with E-state index in [0.717, 1.165) is 0 Å². The molecule has 2 heterocycles. The second-order valence-electron chi connectivity index (χ2n) is 6.67. The second-order valence-corrected chi connectivity index (χ2v) is 12.6. The van der Waals surface area contributed by atoms with Gasteiger partial charge in [-0.25, -0.2) is 4.79 Å². The average molecular weight is 371 g/mol. The van der Waals surface area contributed by atoms with Gasteiger partial charge in [-0.05, 0) is 11.6 Å². The number of ether oxygens (including phenoxy) is 1. The number of allylic oxidation sites excluding steroid dienone is 1. The molecule has 0 aliphatic carbocycles.